The Morgan fingerprint density at radius 3 is 2.82 bits per heavy atom. The smallest absolute Gasteiger partial charge is 0.218 e. The van der Waals surface area contributed by atoms with Crippen molar-refractivity contribution in [2.75, 3.05) is 33.9 Å². The van der Waals surface area contributed by atoms with Crippen molar-refractivity contribution < 1.29 is 14.6 Å². The summed E-state index contributed by atoms with van der Waals surface area (Å²) in [5.74, 6) is 1.84. The summed E-state index contributed by atoms with van der Waals surface area (Å²) >= 11 is 0. The van der Waals surface area contributed by atoms with Crippen molar-refractivity contribution in [3.8, 4) is 11.6 Å². The number of hydrogen-bond donors (Lipinski definition) is 1. The van der Waals surface area contributed by atoms with E-state index in [1.165, 1.54) is 0 Å². The lowest BCUT2D eigenvalue weighted by Crippen LogP contribution is -2.21. The zero-order chi connectivity index (χ0) is 15.5. The minimum atomic E-state index is 0.267. The number of aliphatic hydroxyl groups excluding tert-OH is 1. The number of fused-ring (bicyclic) bond motifs is 1. The van der Waals surface area contributed by atoms with Crippen LogP contribution in [0.4, 0.5) is 0 Å². The number of aliphatic hydroxyl groups is 1. The first-order valence-corrected chi connectivity index (χ1v) is 7.58. The fraction of sp³-hybridized carbons (Fsp3) is 0.471. The number of pyridine rings is 1. The minimum absolute atomic E-state index is 0.267. The molecule has 5 nitrogen and oxygen atoms in total. The summed E-state index contributed by atoms with van der Waals surface area (Å²) < 4.78 is 10.7. The number of benzene rings is 1. The second kappa shape index (κ2) is 6.50. The van der Waals surface area contributed by atoms with E-state index < -0.39 is 0 Å². The van der Waals surface area contributed by atoms with E-state index >= 15 is 0 Å². The highest BCUT2D eigenvalue weighted by Crippen LogP contribution is 2.27. The van der Waals surface area contributed by atoms with Crippen molar-refractivity contribution in [2.45, 2.75) is 13.0 Å². The maximum absolute atomic E-state index is 9.27. The molecule has 2 aromatic rings. The first-order chi connectivity index (χ1) is 10.7. The van der Waals surface area contributed by atoms with Crippen molar-refractivity contribution in [3.63, 3.8) is 0 Å². The fourth-order valence-corrected chi connectivity index (χ4v) is 3.04. The molecule has 1 aromatic carbocycles. The molecule has 5 heteroatoms. The molecule has 1 aromatic heterocycles. The molecule has 0 spiro atoms. The van der Waals surface area contributed by atoms with Crippen LogP contribution in [0.1, 0.15) is 12.0 Å². The molecule has 1 N–H and O–H groups in total. The summed E-state index contributed by atoms with van der Waals surface area (Å²) in [6.45, 7) is 3.01. The molecular formula is C17H22N2O3. The van der Waals surface area contributed by atoms with Gasteiger partial charge in [-0.25, -0.2) is 4.98 Å². The maximum Gasteiger partial charge on any atom is 0.218 e. The normalized spacial score (nSPS) is 18.8. The Bertz CT molecular complexity index is 660. The molecule has 0 unspecified atom stereocenters. The van der Waals surface area contributed by atoms with Gasteiger partial charge in [-0.1, -0.05) is 0 Å². The molecule has 1 saturated heterocycles. The molecule has 0 aliphatic carbocycles. The molecule has 1 atom stereocenters. The quantitative estimate of drug-likeness (QED) is 0.916. The highest BCUT2D eigenvalue weighted by Gasteiger charge is 2.23. The van der Waals surface area contributed by atoms with Crippen molar-refractivity contribution >= 4 is 10.9 Å². The lowest BCUT2D eigenvalue weighted by Gasteiger charge is -2.17. The van der Waals surface area contributed by atoms with E-state index in [1.54, 1.807) is 14.2 Å². The highest BCUT2D eigenvalue weighted by molar-refractivity contribution is 5.81. The number of likely N-dealkylation sites (tertiary alicyclic amines) is 1. The van der Waals surface area contributed by atoms with E-state index in [1.807, 2.05) is 18.2 Å². The summed E-state index contributed by atoms with van der Waals surface area (Å²) in [5, 5.41) is 10.3. The van der Waals surface area contributed by atoms with Gasteiger partial charge in [0.25, 0.3) is 0 Å². The zero-order valence-corrected chi connectivity index (χ0v) is 13.1. The number of nitrogens with zero attached hydrogens (tertiary/aromatic N) is 2. The maximum atomic E-state index is 9.27. The monoisotopic (exact) mass is 302 g/mol. The van der Waals surface area contributed by atoms with Gasteiger partial charge in [0.05, 0.1) is 19.7 Å². The summed E-state index contributed by atoms with van der Waals surface area (Å²) in [4.78, 5) is 6.95. The van der Waals surface area contributed by atoms with E-state index in [-0.39, 0.29) is 6.61 Å². The van der Waals surface area contributed by atoms with E-state index in [0.717, 1.165) is 48.3 Å². The van der Waals surface area contributed by atoms with Gasteiger partial charge in [0.15, 0.2) is 0 Å². The van der Waals surface area contributed by atoms with Gasteiger partial charge in [0, 0.05) is 36.7 Å². The molecular weight excluding hydrogens is 280 g/mol. The summed E-state index contributed by atoms with van der Waals surface area (Å²) in [7, 11) is 3.30. The van der Waals surface area contributed by atoms with E-state index in [2.05, 4.69) is 16.0 Å². The Kier molecular flexibility index (Phi) is 4.45. The van der Waals surface area contributed by atoms with Crippen LogP contribution in [-0.2, 0) is 6.54 Å². The summed E-state index contributed by atoms with van der Waals surface area (Å²) in [6.07, 6.45) is 1.05. The lowest BCUT2D eigenvalue weighted by atomic mass is 10.1. The molecule has 0 bridgehead atoms. The number of methoxy groups -OCH3 is 2. The number of ether oxygens (including phenoxy) is 2. The van der Waals surface area contributed by atoms with E-state index in [4.69, 9.17) is 9.47 Å². The van der Waals surface area contributed by atoms with Gasteiger partial charge in [-0.05, 0) is 37.1 Å². The molecule has 1 aliphatic rings. The van der Waals surface area contributed by atoms with Crippen molar-refractivity contribution in [3.05, 3.63) is 29.8 Å². The average molecular weight is 302 g/mol. The van der Waals surface area contributed by atoms with Crippen molar-refractivity contribution in [1.29, 1.82) is 0 Å². The molecule has 3 rings (SSSR count). The molecule has 2 heterocycles. The third-order valence-corrected chi connectivity index (χ3v) is 4.28. The van der Waals surface area contributed by atoms with Crippen LogP contribution in [0.3, 0.4) is 0 Å². The molecule has 0 saturated carbocycles. The van der Waals surface area contributed by atoms with Crippen LogP contribution >= 0.6 is 0 Å². The van der Waals surface area contributed by atoms with Crippen LogP contribution < -0.4 is 9.47 Å². The standard InChI is InChI=1S/C17H22N2O3/c1-21-15-4-3-13-7-14(17(22-2)18-16(13)8-15)10-19-6-5-12(9-19)11-20/h3-4,7-8,12,20H,5-6,9-11H2,1-2H3/t12-/m0/s1. The van der Waals surface area contributed by atoms with E-state index in [0.29, 0.717) is 11.8 Å². The zero-order valence-electron chi connectivity index (χ0n) is 13.1. The Labute approximate surface area is 130 Å². The fourth-order valence-electron chi connectivity index (χ4n) is 3.04. The van der Waals surface area contributed by atoms with Gasteiger partial charge in [-0.2, -0.15) is 0 Å². The number of rotatable bonds is 5. The highest BCUT2D eigenvalue weighted by atomic mass is 16.5. The molecule has 118 valence electrons. The third-order valence-electron chi connectivity index (χ3n) is 4.28. The average Bonchev–Trinajstić information content (AvgIpc) is 3.01. The number of hydrogen-bond acceptors (Lipinski definition) is 5. The predicted octanol–water partition coefficient (Wildman–Crippen LogP) is 2.07. The Morgan fingerprint density at radius 1 is 1.27 bits per heavy atom. The predicted molar refractivity (Wildman–Crippen MR) is 85.3 cm³/mol. The van der Waals surface area contributed by atoms with Crippen molar-refractivity contribution in [1.82, 2.24) is 9.88 Å². The minimum Gasteiger partial charge on any atom is -0.497 e. The topological polar surface area (TPSA) is 54.8 Å². The Balaban J connectivity index is 1.88. The molecule has 1 aliphatic heterocycles. The summed E-state index contributed by atoms with van der Waals surface area (Å²) in [6, 6.07) is 8.01. The van der Waals surface area contributed by atoms with E-state index in [9.17, 15) is 5.11 Å². The van der Waals surface area contributed by atoms with Gasteiger partial charge in [-0.3, -0.25) is 4.90 Å². The largest absolute Gasteiger partial charge is 0.497 e. The first kappa shape index (κ1) is 15.1. The van der Waals surface area contributed by atoms with Crippen LogP contribution in [0.2, 0.25) is 0 Å². The Morgan fingerprint density at radius 2 is 2.14 bits per heavy atom. The first-order valence-electron chi connectivity index (χ1n) is 7.58. The van der Waals surface area contributed by atoms with Crippen LogP contribution in [0.15, 0.2) is 24.3 Å². The van der Waals surface area contributed by atoms with Gasteiger partial charge in [-0.15, -0.1) is 0 Å². The Hall–Kier alpha value is -1.85. The van der Waals surface area contributed by atoms with Gasteiger partial charge >= 0.3 is 0 Å². The lowest BCUT2D eigenvalue weighted by molar-refractivity contribution is 0.219. The van der Waals surface area contributed by atoms with Crippen LogP contribution in [0.25, 0.3) is 10.9 Å². The van der Waals surface area contributed by atoms with Crippen LogP contribution in [0, 0.1) is 5.92 Å². The molecule has 0 radical (unpaired) electrons. The molecule has 0 amide bonds. The van der Waals surface area contributed by atoms with Crippen molar-refractivity contribution in [2.24, 2.45) is 5.92 Å². The summed E-state index contributed by atoms with van der Waals surface area (Å²) in [5.41, 5.74) is 1.95. The van der Waals surface area contributed by atoms with Gasteiger partial charge in [0.2, 0.25) is 5.88 Å². The second-order valence-corrected chi connectivity index (χ2v) is 5.79. The van der Waals surface area contributed by atoms with Crippen LogP contribution in [0.5, 0.6) is 11.6 Å². The third kappa shape index (κ3) is 3.00. The van der Waals surface area contributed by atoms with Gasteiger partial charge < -0.3 is 14.6 Å². The number of aromatic nitrogens is 1. The molecule has 22 heavy (non-hydrogen) atoms. The SMILES string of the molecule is COc1ccc2cc(CN3CC[C@H](CO)C3)c(OC)nc2c1. The van der Waals surface area contributed by atoms with Crippen LogP contribution in [-0.4, -0.2) is 48.9 Å². The molecule has 1 fully saturated rings. The van der Waals surface area contributed by atoms with Gasteiger partial charge in [0.1, 0.15) is 5.75 Å². The second-order valence-electron chi connectivity index (χ2n) is 5.79.